The first-order valence-electron chi connectivity index (χ1n) is 9.14. The topological polar surface area (TPSA) is 79.4 Å². The molecule has 0 atom stereocenters. The van der Waals surface area contributed by atoms with Gasteiger partial charge in [-0.1, -0.05) is 18.2 Å². The maximum absolute atomic E-state index is 12.8. The van der Waals surface area contributed by atoms with Gasteiger partial charge in [0.1, 0.15) is 0 Å². The third-order valence-electron chi connectivity index (χ3n) is 4.88. The van der Waals surface area contributed by atoms with Gasteiger partial charge >= 0.3 is 11.8 Å². The molecule has 27 heavy (non-hydrogen) atoms. The summed E-state index contributed by atoms with van der Waals surface area (Å²) in [6, 6.07) is 7.36. The maximum atomic E-state index is 12.8. The minimum Gasteiger partial charge on any atom is -0.380 e. The van der Waals surface area contributed by atoms with Crippen molar-refractivity contribution in [2.24, 2.45) is 0 Å². The van der Waals surface area contributed by atoms with Gasteiger partial charge in [0, 0.05) is 51.9 Å². The number of amides is 3. The van der Waals surface area contributed by atoms with Crippen LogP contribution in [0.4, 0.5) is 0 Å². The van der Waals surface area contributed by atoms with Gasteiger partial charge in [0.05, 0.1) is 19.8 Å². The molecule has 8 heteroatoms. The van der Waals surface area contributed by atoms with Crippen LogP contribution >= 0.6 is 0 Å². The van der Waals surface area contributed by atoms with Crippen LogP contribution in [0.2, 0.25) is 0 Å². The first-order chi connectivity index (χ1) is 13.1. The van der Waals surface area contributed by atoms with Crippen molar-refractivity contribution in [2.75, 3.05) is 59.6 Å². The summed E-state index contributed by atoms with van der Waals surface area (Å²) in [6.45, 7) is 3.70. The van der Waals surface area contributed by atoms with E-state index in [-0.39, 0.29) is 5.91 Å². The van der Waals surface area contributed by atoms with E-state index < -0.39 is 11.8 Å². The highest BCUT2D eigenvalue weighted by molar-refractivity contribution is 6.34. The van der Waals surface area contributed by atoms with Gasteiger partial charge in [0.15, 0.2) is 0 Å². The monoisotopic (exact) mass is 375 g/mol. The first kappa shape index (κ1) is 19.3. The normalized spacial score (nSPS) is 17.7. The van der Waals surface area contributed by atoms with E-state index in [1.807, 2.05) is 18.2 Å². The summed E-state index contributed by atoms with van der Waals surface area (Å²) >= 11 is 0. The average Bonchev–Trinajstić information content (AvgIpc) is 2.73. The molecule has 2 aliphatic heterocycles. The smallest absolute Gasteiger partial charge is 0.312 e. The van der Waals surface area contributed by atoms with Gasteiger partial charge in [0.25, 0.3) is 5.91 Å². The zero-order valence-corrected chi connectivity index (χ0v) is 15.6. The Hall–Kier alpha value is -2.45. The van der Waals surface area contributed by atoms with Gasteiger partial charge < -0.3 is 24.2 Å². The van der Waals surface area contributed by atoms with Crippen LogP contribution < -0.4 is 0 Å². The molecule has 2 saturated heterocycles. The molecular weight excluding hydrogens is 350 g/mol. The molecule has 146 valence electrons. The summed E-state index contributed by atoms with van der Waals surface area (Å²) in [5.74, 6) is -1.05. The molecule has 2 aliphatic rings. The predicted molar refractivity (Wildman–Crippen MR) is 97.0 cm³/mol. The fraction of sp³-hybridized carbons (Fsp3) is 0.526. The van der Waals surface area contributed by atoms with Crippen molar-refractivity contribution in [2.45, 2.75) is 6.61 Å². The Morgan fingerprint density at radius 1 is 0.889 bits per heavy atom. The van der Waals surface area contributed by atoms with E-state index in [0.717, 1.165) is 5.56 Å². The Morgan fingerprint density at radius 3 is 2.07 bits per heavy atom. The lowest BCUT2D eigenvalue weighted by Crippen LogP contribution is -2.55. The van der Waals surface area contributed by atoms with Crippen LogP contribution in [0.5, 0.6) is 0 Å². The van der Waals surface area contributed by atoms with E-state index in [1.54, 1.807) is 18.1 Å². The minimum absolute atomic E-state index is 0.0748. The molecule has 1 aromatic rings. The van der Waals surface area contributed by atoms with Crippen LogP contribution in [-0.2, 0) is 25.7 Å². The number of carbonyl (C=O) groups is 3. The molecule has 2 heterocycles. The molecule has 2 fully saturated rings. The van der Waals surface area contributed by atoms with E-state index in [4.69, 9.17) is 9.47 Å². The number of carbonyl (C=O) groups excluding carboxylic acids is 3. The van der Waals surface area contributed by atoms with Crippen LogP contribution in [0.1, 0.15) is 15.9 Å². The molecule has 0 N–H and O–H groups in total. The second-order valence-corrected chi connectivity index (χ2v) is 6.58. The molecule has 0 aliphatic carbocycles. The second kappa shape index (κ2) is 8.96. The molecule has 3 amide bonds. The Bertz CT molecular complexity index is 694. The molecule has 3 rings (SSSR count). The Labute approximate surface area is 158 Å². The number of piperazine rings is 1. The largest absolute Gasteiger partial charge is 0.380 e. The van der Waals surface area contributed by atoms with Crippen LogP contribution in [0.25, 0.3) is 0 Å². The standard InChI is InChI=1S/C19H25N3O5/c1-26-14-15-4-2-3-5-16(15)17(23)20-6-8-21(9-7-20)18(24)19(25)22-10-12-27-13-11-22/h2-5H,6-14H2,1H3. The van der Waals surface area contributed by atoms with Crippen molar-refractivity contribution in [3.63, 3.8) is 0 Å². The van der Waals surface area contributed by atoms with Crippen molar-refractivity contribution in [1.82, 2.24) is 14.7 Å². The van der Waals surface area contributed by atoms with Crippen molar-refractivity contribution >= 4 is 17.7 Å². The van der Waals surface area contributed by atoms with Gasteiger partial charge in [-0.3, -0.25) is 14.4 Å². The Morgan fingerprint density at radius 2 is 1.44 bits per heavy atom. The Balaban J connectivity index is 1.57. The van der Waals surface area contributed by atoms with Gasteiger partial charge in [0.2, 0.25) is 0 Å². The number of morpholine rings is 1. The molecule has 0 bridgehead atoms. The lowest BCUT2D eigenvalue weighted by Gasteiger charge is -2.36. The molecule has 0 saturated carbocycles. The van der Waals surface area contributed by atoms with E-state index in [0.29, 0.717) is 64.7 Å². The summed E-state index contributed by atoms with van der Waals surface area (Å²) in [7, 11) is 1.59. The SMILES string of the molecule is COCc1ccccc1C(=O)N1CCN(C(=O)C(=O)N2CCOCC2)CC1. The number of hydrogen-bond donors (Lipinski definition) is 0. The van der Waals surface area contributed by atoms with Gasteiger partial charge in [-0.05, 0) is 11.6 Å². The third kappa shape index (κ3) is 4.45. The van der Waals surface area contributed by atoms with E-state index in [9.17, 15) is 14.4 Å². The van der Waals surface area contributed by atoms with Crippen molar-refractivity contribution in [3.8, 4) is 0 Å². The molecule has 1 aromatic carbocycles. The molecule has 8 nitrogen and oxygen atoms in total. The fourth-order valence-corrected chi connectivity index (χ4v) is 3.33. The summed E-state index contributed by atoms with van der Waals surface area (Å²) in [5, 5.41) is 0. The fourth-order valence-electron chi connectivity index (χ4n) is 3.33. The molecule has 0 unspecified atom stereocenters. The van der Waals surface area contributed by atoms with Crippen molar-refractivity contribution in [3.05, 3.63) is 35.4 Å². The predicted octanol–water partition coefficient (Wildman–Crippen LogP) is -0.0238. The van der Waals surface area contributed by atoms with Crippen molar-refractivity contribution < 1.29 is 23.9 Å². The summed E-state index contributed by atoms with van der Waals surface area (Å²) < 4.78 is 10.4. The maximum Gasteiger partial charge on any atom is 0.312 e. The van der Waals surface area contributed by atoms with E-state index >= 15 is 0 Å². The highest BCUT2D eigenvalue weighted by Crippen LogP contribution is 2.15. The molecular formula is C19H25N3O5. The van der Waals surface area contributed by atoms with Gasteiger partial charge in [-0.25, -0.2) is 0 Å². The number of ether oxygens (including phenoxy) is 2. The number of nitrogens with zero attached hydrogens (tertiary/aromatic N) is 3. The van der Waals surface area contributed by atoms with Crippen LogP contribution in [0, 0.1) is 0 Å². The van der Waals surface area contributed by atoms with Crippen molar-refractivity contribution in [1.29, 1.82) is 0 Å². The van der Waals surface area contributed by atoms with Crippen LogP contribution in [-0.4, -0.2) is 92.0 Å². The zero-order valence-electron chi connectivity index (χ0n) is 15.6. The van der Waals surface area contributed by atoms with E-state index in [1.165, 1.54) is 9.80 Å². The number of benzene rings is 1. The van der Waals surface area contributed by atoms with E-state index in [2.05, 4.69) is 0 Å². The van der Waals surface area contributed by atoms with Gasteiger partial charge in [-0.15, -0.1) is 0 Å². The zero-order chi connectivity index (χ0) is 19.2. The molecule has 0 aromatic heterocycles. The minimum atomic E-state index is -0.496. The summed E-state index contributed by atoms with van der Waals surface area (Å²) in [5.41, 5.74) is 1.45. The summed E-state index contributed by atoms with van der Waals surface area (Å²) in [6.07, 6.45) is 0. The number of methoxy groups -OCH3 is 1. The lowest BCUT2D eigenvalue weighted by atomic mass is 10.1. The van der Waals surface area contributed by atoms with Crippen LogP contribution in [0.3, 0.4) is 0 Å². The van der Waals surface area contributed by atoms with Crippen LogP contribution in [0.15, 0.2) is 24.3 Å². The highest BCUT2D eigenvalue weighted by atomic mass is 16.5. The first-order valence-corrected chi connectivity index (χ1v) is 9.14. The average molecular weight is 375 g/mol. The lowest BCUT2D eigenvalue weighted by molar-refractivity contribution is -0.154. The number of hydrogen-bond acceptors (Lipinski definition) is 5. The third-order valence-corrected chi connectivity index (χ3v) is 4.88. The molecule has 0 radical (unpaired) electrons. The second-order valence-electron chi connectivity index (χ2n) is 6.58. The quantitative estimate of drug-likeness (QED) is 0.694. The molecule has 0 spiro atoms. The summed E-state index contributed by atoms with van der Waals surface area (Å²) in [4.78, 5) is 42.4. The number of rotatable bonds is 3. The van der Waals surface area contributed by atoms with Gasteiger partial charge in [-0.2, -0.15) is 0 Å². The highest BCUT2D eigenvalue weighted by Gasteiger charge is 2.31. The Kier molecular flexibility index (Phi) is 6.41.